The van der Waals surface area contributed by atoms with Gasteiger partial charge in [-0.15, -0.1) is 0 Å². The van der Waals surface area contributed by atoms with Gasteiger partial charge in [-0.3, -0.25) is 4.98 Å². The Bertz CT molecular complexity index is 2280. The summed E-state index contributed by atoms with van der Waals surface area (Å²) in [5, 5.41) is 0. The van der Waals surface area contributed by atoms with E-state index in [-0.39, 0.29) is 5.41 Å². The third-order valence-corrected chi connectivity index (χ3v) is 9.07. The lowest BCUT2D eigenvalue weighted by molar-refractivity contribution is 0.359. The zero-order valence-electron chi connectivity index (χ0n) is 25.8. The zero-order valence-corrected chi connectivity index (χ0v) is 25.8. The largest absolute Gasteiger partial charge is 0.450 e. The normalized spacial score (nSPS) is 13.4. The predicted molar refractivity (Wildman–Crippen MR) is 184 cm³/mol. The van der Waals surface area contributed by atoms with Gasteiger partial charge < -0.3 is 9.47 Å². The Kier molecular flexibility index (Phi) is 6.05. The van der Waals surface area contributed by atoms with E-state index < -0.39 is 0 Å². The van der Waals surface area contributed by atoms with E-state index in [9.17, 15) is 0 Å². The maximum absolute atomic E-state index is 6.57. The smallest absolute Gasteiger partial charge is 0.182 e. The fraction of sp³-hybridized carbons (Fsp3) is 0.0732. The van der Waals surface area contributed by atoms with Gasteiger partial charge in [0.25, 0.3) is 0 Å². The second-order valence-corrected chi connectivity index (χ2v) is 12.3. The molecule has 0 saturated heterocycles. The van der Waals surface area contributed by atoms with E-state index in [1.54, 1.807) is 6.20 Å². The van der Waals surface area contributed by atoms with Crippen molar-refractivity contribution in [2.75, 3.05) is 0 Å². The van der Waals surface area contributed by atoms with Gasteiger partial charge in [-0.2, -0.15) is 0 Å². The van der Waals surface area contributed by atoms with Crippen LogP contribution in [0.15, 0.2) is 134 Å². The van der Waals surface area contributed by atoms with Crippen LogP contribution in [0.2, 0.25) is 0 Å². The second-order valence-electron chi connectivity index (χ2n) is 12.3. The van der Waals surface area contributed by atoms with E-state index in [0.29, 0.717) is 40.4 Å². The minimum atomic E-state index is -0.121. The van der Waals surface area contributed by atoms with Crippen molar-refractivity contribution in [3.05, 3.63) is 145 Å². The van der Waals surface area contributed by atoms with E-state index >= 15 is 0 Å². The van der Waals surface area contributed by atoms with Gasteiger partial charge in [0.05, 0.1) is 0 Å². The number of hydrogen-bond donors (Lipinski definition) is 0. The first-order valence-corrected chi connectivity index (χ1v) is 15.6. The number of pyridine rings is 1. The van der Waals surface area contributed by atoms with Crippen molar-refractivity contribution in [1.29, 1.82) is 0 Å². The van der Waals surface area contributed by atoms with Crippen LogP contribution in [0.4, 0.5) is 0 Å². The highest BCUT2D eigenvalue weighted by atomic mass is 16.6. The maximum atomic E-state index is 6.57. The summed E-state index contributed by atoms with van der Waals surface area (Å²) in [6.07, 6.45) is 1.75. The molecule has 0 fully saturated rings. The molecule has 6 nitrogen and oxygen atoms in total. The Hall–Kier alpha value is -6.14. The minimum absolute atomic E-state index is 0.121. The monoisotopic (exact) mass is 608 g/mol. The van der Waals surface area contributed by atoms with Crippen LogP contribution in [-0.4, -0.2) is 19.9 Å². The molecule has 1 aliphatic heterocycles. The molecule has 0 atom stereocenters. The highest BCUT2D eigenvalue weighted by Crippen LogP contribution is 2.55. The number of aromatic nitrogens is 4. The molecule has 1 aliphatic carbocycles. The summed E-state index contributed by atoms with van der Waals surface area (Å²) in [6.45, 7) is 4.53. The van der Waals surface area contributed by atoms with Crippen LogP contribution < -0.4 is 9.47 Å². The van der Waals surface area contributed by atoms with Crippen molar-refractivity contribution in [1.82, 2.24) is 19.9 Å². The molecule has 0 radical (unpaired) electrons. The molecular weight excluding hydrogens is 580 g/mol. The molecule has 0 saturated carbocycles. The molecule has 0 unspecified atom stereocenters. The molecule has 7 aromatic rings. The number of nitrogens with zero attached hydrogens (tertiary/aromatic N) is 4. The molecule has 2 aliphatic rings. The number of ether oxygens (including phenoxy) is 2. The van der Waals surface area contributed by atoms with Crippen LogP contribution in [-0.2, 0) is 5.41 Å². The van der Waals surface area contributed by atoms with Crippen molar-refractivity contribution in [3.8, 4) is 79.5 Å². The van der Waals surface area contributed by atoms with Crippen molar-refractivity contribution >= 4 is 0 Å². The first-order valence-electron chi connectivity index (χ1n) is 15.6. The molecule has 2 aromatic heterocycles. The molecule has 0 bridgehead atoms. The molecule has 0 N–H and O–H groups in total. The Morgan fingerprint density at radius 2 is 1.11 bits per heavy atom. The first-order chi connectivity index (χ1) is 23.0. The number of benzene rings is 5. The molecular formula is C41H28N4O2. The van der Waals surface area contributed by atoms with E-state index in [4.69, 9.17) is 24.4 Å². The highest BCUT2D eigenvalue weighted by Gasteiger charge is 2.37. The van der Waals surface area contributed by atoms with Gasteiger partial charge in [-0.05, 0) is 69.8 Å². The average Bonchev–Trinajstić information content (AvgIpc) is 3.35. The molecule has 3 heterocycles. The summed E-state index contributed by atoms with van der Waals surface area (Å²) < 4.78 is 13.0. The fourth-order valence-corrected chi connectivity index (χ4v) is 6.70. The van der Waals surface area contributed by atoms with Gasteiger partial charge in [-0.25, -0.2) is 15.0 Å². The number of rotatable bonds is 4. The summed E-state index contributed by atoms with van der Waals surface area (Å²) in [6, 6.07) is 42.7. The Labute approximate surface area is 272 Å². The Morgan fingerprint density at radius 1 is 0.447 bits per heavy atom. The third-order valence-electron chi connectivity index (χ3n) is 9.07. The topological polar surface area (TPSA) is 70.0 Å². The molecule has 5 aromatic carbocycles. The number of fused-ring (bicyclic) bond motifs is 5. The zero-order chi connectivity index (χ0) is 31.5. The fourth-order valence-electron chi connectivity index (χ4n) is 6.70. The van der Waals surface area contributed by atoms with Crippen LogP contribution >= 0.6 is 0 Å². The highest BCUT2D eigenvalue weighted by molar-refractivity contribution is 5.85. The van der Waals surface area contributed by atoms with Crippen LogP contribution in [0.25, 0.3) is 56.5 Å². The van der Waals surface area contributed by atoms with E-state index in [1.807, 2.05) is 78.9 Å². The van der Waals surface area contributed by atoms with Gasteiger partial charge in [0.15, 0.2) is 40.5 Å². The van der Waals surface area contributed by atoms with Crippen molar-refractivity contribution in [2.45, 2.75) is 19.3 Å². The lowest BCUT2D eigenvalue weighted by Gasteiger charge is -2.25. The lowest BCUT2D eigenvalue weighted by atomic mass is 9.82. The van der Waals surface area contributed by atoms with E-state index in [2.05, 4.69) is 67.4 Å². The van der Waals surface area contributed by atoms with Crippen LogP contribution in [0.5, 0.6) is 23.0 Å². The van der Waals surface area contributed by atoms with Crippen LogP contribution in [0.1, 0.15) is 25.0 Å². The minimum Gasteiger partial charge on any atom is -0.450 e. The van der Waals surface area contributed by atoms with Gasteiger partial charge in [-0.1, -0.05) is 105 Å². The Morgan fingerprint density at radius 3 is 1.94 bits per heavy atom. The quantitative estimate of drug-likeness (QED) is 0.198. The van der Waals surface area contributed by atoms with Crippen LogP contribution in [0.3, 0.4) is 0 Å². The summed E-state index contributed by atoms with van der Waals surface area (Å²) in [4.78, 5) is 19.2. The summed E-state index contributed by atoms with van der Waals surface area (Å²) in [5.41, 5.74) is 9.24. The molecule has 224 valence electrons. The molecule has 0 amide bonds. The predicted octanol–water partition coefficient (Wildman–Crippen LogP) is 10.1. The van der Waals surface area contributed by atoms with Gasteiger partial charge in [0.2, 0.25) is 0 Å². The van der Waals surface area contributed by atoms with Crippen molar-refractivity contribution < 1.29 is 9.47 Å². The van der Waals surface area contributed by atoms with Crippen molar-refractivity contribution in [2.24, 2.45) is 0 Å². The summed E-state index contributed by atoms with van der Waals surface area (Å²) in [5.74, 6) is 4.43. The lowest BCUT2D eigenvalue weighted by Crippen LogP contribution is -2.15. The number of hydrogen-bond acceptors (Lipinski definition) is 6. The van der Waals surface area contributed by atoms with Gasteiger partial charge in [0.1, 0.15) is 5.69 Å². The first kappa shape index (κ1) is 27.2. The maximum Gasteiger partial charge on any atom is 0.182 e. The van der Waals surface area contributed by atoms with E-state index in [0.717, 1.165) is 28.0 Å². The molecule has 47 heavy (non-hydrogen) atoms. The summed E-state index contributed by atoms with van der Waals surface area (Å²) >= 11 is 0. The average molecular weight is 609 g/mol. The molecule has 9 rings (SSSR count). The van der Waals surface area contributed by atoms with Crippen LogP contribution in [0, 0.1) is 0 Å². The standard InChI is InChI=1S/C41H28N4O2/c1-41(2)31-17-9-8-15-28(31)30-23-36-37(24-32(30)41)46-34-20-19-26(22-35(34)47-36)27-14-6-7-16-29(27)39-43-38(25-12-4-3-5-13-25)44-40(45-39)33-18-10-11-21-42-33/h3-24H,1-2H3. The second kappa shape index (κ2) is 10.5. The Balaban J connectivity index is 1.13. The SMILES string of the molecule is CC1(C)c2ccccc2-c2cc3c(cc21)Oc1ccc(-c2ccccc2-c2nc(-c4ccccc4)nc(-c4ccccn4)n2)cc1O3. The summed E-state index contributed by atoms with van der Waals surface area (Å²) in [7, 11) is 0. The van der Waals surface area contributed by atoms with Crippen molar-refractivity contribution in [3.63, 3.8) is 0 Å². The molecule has 6 heteroatoms. The van der Waals surface area contributed by atoms with Gasteiger partial charge >= 0.3 is 0 Å². The van der Waals surface area contributed by atoms with E-state index in [1.165, 1.54) is 22.3 Å². The molecule has 0 spiro atoms. The van der Waals surface area contributed by atoms with Gasteiger partial charge in [0, 0.05) is 22.7 Å². The third kappa shape index (κ3) is 4.49.